The number of aromatic nitrogens is 1. The van der Waals surface area contributed by atoms with Crippen molar-refractivity contribution < 1.29 is 13.2 Å². The summed E-state index contributed by atoms with van der Waals surface area (Å²) >= 11 is 0. The van der Waals surface area contributed by atoms with Gasteiger partial charge in [-0.1, -0.05) is 18.2 Å². The molecule has 0 saturated heterocycles. The molecule has 0 saturated carbocycles. The first-order chi connectivity index (χ1) is 11.6. The van der Waals surface area contributed by atoms with Crippen LogP contribution in [0, 0.1) is 0 Å². The summed E-state index contributed by atoms with van der Waals surface area (Å²) in [6.07, 6.45) is 0.679. The lowest BCUT2D eigenvalue weighted by Crippen LogP contribution is -2.35. The second kappa shape index (κ2) is 5.65. The van der Waals surface area contributed by atoms with Gasteiger partial charge in [0, 0.05) is 36.1 Å². The second-order valence-electron chi connectivity index (χ2n) is 5.90. The Balaban J connectivity index is 1.75. The molecule has 0 unspecified atom stereocenters. The Kier molecular flexibility index (Phi) is 3.58. The number of H-pyrrole nitrogens is 1. The van der Waals surface area contributed by atoms with Gasteiger partial charge in [0.15, 0.2) is 0 Å². The first-order valence-electron chi connectivity index (χ1n) is 7.82. The van der Waals surface area contributed by atoms with Gasteiger partial charge < -0.3 is 9.72 Å². The summed E-state index contributed by atoms with van der Waals surface area (Å²) in [4.78, 5) is 3.74. The van der Waals surface area contributed by atoms with E-state index in [1.165, 1.54) is 0 Å². The van der Waals surface area contributed by atoms with Crippen molar-refractivity contribution in [2.45, 2.75) is 17.9 Å². The molecule has 0 fully saturated rings. The molecule has 4 rings (SSSR count). The standard InChI is InChI=1S/C18H18N2O3S/c1-23-13-7-8-17-15(11-13)16-12-20(10-9-18(16)19-17)24(21,22)14-5-3-2-4-6-14/h2-8,11,19H,9-10,12H2,1H3. The Labute approximate surface area is 140 Å². The fourth-order valence-electron chi connectivity index (χ4n) is 3.24. The van der Waals surface area contributed by atoms with Crippen LogP contribution in [0.5, 0.6) is 5.75 Å². The van der Waals surface area contributed by atoms with Crippen molar-refractivity contribution in [1.29, 1.82) is 0 Å². The highest BCUT2D eigenvalue weighted by Gasteiger charge is 2.30. The number of hydrogen-bond donors (Lipinski definition) is 1. The quantitative estimate of drug-likeness (QED) is 0.796. The van der Waals surface area contributed by atoms with Crippen LogP contribution < -0.4 is 4.74 Å². The van der Waals surface area contributed by atoms with Crippen LogP contribution >= 0.6 is 0 Å². The molecule has 24 heavy (non-hydrogen) atoms. The summed E-state index contributed by atoms with van der Waals surface area (Å²) in [6.45, 7) is 0.855. The van der Waals surface area contributed by atoms with E-state index in [1.54, 1.807) is 35.7 Å². The predicted molar refractivity (Wildman–Crippen MR) is 92.6 cm³/mol. The molecule has 6 heteroatoms. The number of nitrogens with zero attached hydrogens (tertiary/aromatic N) is 1. The van der Waals surface area contributed by atoms with E-state index in [0.29, 0.717) is 24.4 Å². The number of sulfonamides is 1. The number of methoxy groups -OCH3 is 1. The Bertz CT molecular complexity index is 994. The van der Waals surface area contributed by atoms with Crippen LogP contribution in [0.15, 0.2) is 53.4 Å². The number of rotatable bonds is 3. The molecule has 1 aliphatic rings. The van der Waals surface area contributed by atoms with Gasteiger partial charge in [-0.05, 0) is 35.9 Å². The lowest BCUT2D eigenvalue weighted by Gasteiger charge is -2.26. The molecule has 2 heterocycles. The van der Waals surface area contributed by atoms with Gasteiger partial charge >= 0.3 is 0 Å². The zero-order valence-electron chi connectivity index (χ0n) is 13.3. The molecule has 0 aliphatic carbocycles. The molecule has 0 bridgehead atoms. The fourth-order valence-corrected chi connectivity index (χ4v) is 4.67. The van der Waals surface area contributed by atoms with Crippen molar-refractivity contribution >= 4 is 20.9 Å². The third kappa shape index (κ3) is 2.39. The van der Waals surface area contributed by atoms with Gasteiger partial charge in [0.25, 0.3) is 0 Å². The molecule has 5 nitrogen and oxygen atoms in total. The Hall–Kier alpha value is -2.31. The van der Waals surface area contributed by atoms with Crippen LogP contribution in [-0.4, -0.2) is 31.4 Å². The first-order valence-corrected chi connectivity index (χ1v) is 9.26. The Morgan fingerprint density at radius 2 is 1.92 bits per heavy atom. The molecule has 2 aromatic carbocycles. The van der Waals surface area contributed by atoms with E-state index >= 15 is 0 Å². The van der Waals surface area contributed by atoms with Crippen LogP contribution in [0.1, 0.15) is 11.3 Å². The van der Waals surface area contributed by atoms with E-state index < -0.39 is 10.0 Å². The first kappa shape index (κ1) is 15.2. The van der Waals surface area contributed by atoms with E-state index in [1.807, 2.05) is 24.3 Å². The van der Waals surface area contributed by atoms with Gasteiger partial charge in [0.1, 0.15) is 5.75 Å². The van der Waals surface area contributed by atoms with Gasteiger partial charge in [-0.3, -0.25) is 0 Å². The lowest BCUT2D eigenvalue weighted by molar-refractivity contribution is 0.391. The molecule has 0 amide bonds. The van der Waals surface area contributed by atoms with Crippen molar-refractivity contribution in [3.8, 4) is 5.75 Å². The summed E-state index contributed by atoms with van der Waals surface area (Å²) in [5, 5.41) is 1.03. The topological polar surface area (TPSA) is 62.4 Å². The zero-order valence-corrected chi connectivity index (χ0v) is 14.1. The van der Waals surface area contributed by atoms with Crippen LogP contribution in [0.2, 0.25) is 0 Å². The maximum absolute atomic E-state index is 12.9. The minimum atomic E-state index is -3.48. The van der Waals surface area contributed by atoms with E-state index in [2.05, 4.69) is 4.98 Å². The molecule has 1 aliphatic heterocycles. The van der Waals surface area contributed by atoms with Crippen LogP contribution in [0.3, 0.4) is 0 Å². The van der Waals surface area contributed by atoms with Gasteiger partial charge in [0.2, 0.25) is 10.0 Å². The monoisotopic (exact) mass is 342 g/mol. The summed E-state index contributed by atoms with van der Waals surface area (Å²) in [7, 11) is -1.85. The molecular weight excluding hydrogens is 324 g/mol. The van der Waals surface area contributed by atoms with Gasteiger partial charge in [0.05, 0.1) is 12.0 Å². The normalized spacial score (nSPS) is 15.4. The number of aromatic amines is 1. The lowest BCUT2D eigenvalue weighted by atomic mass is 10.1. The molecule has 0 spiro atoms. The average Bonchev–Trinajstić information content (AvgIpc) is 2.99. The smallest absolute Gasteiger partial charge is 0.243 e. The maximum atomic E-state index is 12.9. The van der Waals surface area contributed by atoms with E-state index in [0.717, 1.165) is 27.9 Å². The largest absolute Gasteiger partial charge is 0.497 e. The van der Waals surface area contributed by atoms with Crippen molar-refractivity contribution in [2.24, 2.45) is 0 Å². The highest BCUT2D eigenvalue weighted by molar-refractivity contribution is 7.89. The number of benzene rings is 2. The second-order valence-corrected chi connectivity index (χ2v) is 7.83. The molecule has 0 radical (unpaired) electrons. The Morgan fingerprint density at radius 3 is 2.67 bits per heavy atom. The van der Waals surface area contributed by atoms with Crippen molar-refractivity contribution in [3.63, 3.8) is 0 Å². The summed E-state index contributed by atoms with van der Waals surface area (Å²) in [5.41, 5.74) is 3.16. The van der Waals surface area contributed by atoms with Crippen molar-refractivity contribution in [2.75, 3.05) is 13.7 Å². The molecule has 1 N–H and O–H groups in total. The van der Waals surface area contributed by atoms with Crippen LogP contribution in [0.25, 0.3) is 10.9 Å². The molecular formula is C18H18N2O3S. The third-order valence-electron chi connectivity index (χ3n) is 4.53. The molecule has 1 aromatic heterocycles. The highest BCUT2D eigenvalue weighted by atomic mass is 32.2. The minimum Gasteiger partial charge on any atom is -0.497 e. The number of fused-ring (bicyclic) bond motifs is 3. The van der Waals surface area contributed by atoms with Crippen molar-refractivity contribution in [3.05, 3.63) is 59.8 Å². The predicted octanol–water partition coefficient (Wildman–Crippen LogP) is 2.92. The van der Waals surface area contributed by atoms with Gasteiger partial charge in [-0.25, -0.2) is 8.42 Å². The molecule has 3 aromatic rings. The zero-order chi connectivity index (χ0) is 16.7. The van der Waals surface area contributed by atoms with Crippen LogP contribution in [-0.2, 0) is 23.0 Å². The van der Waals surface area contributed by atoms with Gasteiger partial charge in [-0.15, -0.1) is 0 Å². The van der Waals surface area contributed by atoms with Crippen molar-refractivity contribution in [1.82, 2.24) is 9.29 Å². The summed E-state index contributed by atoms with van der Waals surface area (Å²) < 4.78 is 32.6. The van der Waals surface area contributed by atoms with E-state index in [-0.39, 0.29) is 0 Å². The maximum Gasteiger partial charge on any atom is 0.243 e. The number of hydrogen-bond acceptors (Lipinski definition) is 3. The molecule has 124 valence electrons. The summed E-state index contributed by atoms with van der Waals surface area (Å²) in [5.74, 6) is 0.771. The average molecular weight is 342 g/mol. The minimum absolute atomic E-state index is 0.339. The van der Waals surface area contributed by atoms with Crippen LogP contribution in [0.4, 0.5) is 0 Å². The molecule has 0 atom stereocenters. The highest BCUT2D eigenvalue weighted by Crippen LogP contribution is 2.32. The van der Waals surface area contributed by atoms with E-state index in [4.69, 9.17) is 4.74 Å². The fraction of sp³-hybridized carbons (Fsp3) is 0.222. The summed E-state index contributed by atoms with van der Waals surface area (Å²) in [6, 6.07) is 14.4. The Morgan fingerprint density at radius 1 is 1.12 bits per heavy atom. The van der Waals surface area contributed by atoms with E-state index in [9.17, 15) is 8.42 Å². The SMILES string of the molecule is COc1ccc2[nH]c3c(c2c1)CN(S(=O)(=O)c1ccccc1)CC3. The third-order valence-corrected chi connectivity index (χ3v) is 6.39. The number of nitrogens with one attached hydrogen (secondary N) is 1. The number of ether oxygens (including phenoxy) is 1. The van der Waals surface area contributed by atoms with Gasteiger partial charge in [-0.2, -0.15) is 4.31 Å².